The largest absolute Gasteiger partial charge is 0.461 e. The van der Waals surface area contributed by atoms with Crippen molar-refractivity contribution in [1.29, 1.82) is 0 Å². The lowest BCUT2D eigenvalue weighted by molar-refractivity contribution is -0.147. The van der Waals surface area contributed by atoms with E-state index in [1.807, 2.05) is 55.5 Å². The Bertz CT molecular complexity index is 882. The molecule has 2 aromatic rings. The molecule has 0 radical (unpaired) electrons. The van der Waals surface area contributed by atoms with Gasteiger partial charge < -0.3 is 4.74 Å². The molecular formula is C23H23F3O2. The molecule has 2 aromatic carbocycles. The number of ether oxygens (including phenoxy) is 1. The molecule has 2 atom stereocenters. The van der Waals surface area contributed by atoms with E-state index in [-0.39, 0.29) is 12.7 Å². The van der Waals surface area contributed by atoms with E-state index >= 15 is 0 Å². The van der Waals surface area contributed by atoms with Crippen molar-refractivity contribution in [3.63, 3.8) is 0 Å². The van der Waals surface area contributed by atoms with Gasteiger partial charge in [-0.3, -0.25) is 4.79 Å². The molecule has 5 heteroatoms. The second-order valence-corrected chi connectivity index (χ2v) is 7.79. The maximum absolute atomic E-state index is 12.5. The van der Waals surface area contributed by atoms with Gasteiger partial charge in [-0.05, 0) is 40.5 Å². The average Bonchev–Trinajstić information content (AvgIpc) is 3.20. The fourth-order valence-corrected chi connectivity index (χ4v) is 3.71. The average molecular weight is 388 g/mol. The lowest BCUT2D eigenvalue weighted by atomic mass is 9.97. The molecule has 0 saturated heterocycles. The van der Waals surface area contributed by atoms with Crippen LogP contribution in [0.3, 0.4) is 0 Å². The molecule has 0 amide bonds. The topological polar surface area (TPSA) is 26.3 Å². The summed E-state index contributed by atoms with van der Waals surface area (Å²) in [6, 6.07) is 15.7. The van der Waals surface area contributed by atoms with E-state index in [1.54, 1.807) is 13.8 Å². The second-order valence-electron chi connectivity index (χ2n) is 7.79. The minimum atomic E-state index is -4.37. The highest BCUT2D eigenvalue weighted by molar-refractivity contribution is 5.78. The van der Waals surface area contributed by atoms with E-state index in [1.165, 1.54) is 0 Å². The van der Waals surface area contributed by atoms with Gasteiger partial charge in [-0.2, -0.15) is 13.2 Å². The molecule has 0 N–H and O–H groups in total. The third-order valence-corrected chi connectivity index (χ3v) is 5.56. The van der Waals surface area contributed by atoms with Crippen molar-refractivity contribution >= 4 is 5.97 Å². The SMILES string of the molecule is Cc1c(COC(=O)C2C(C=CC(F)(F)F)C2(C)C)cccc1-c1ccccc1. The van der Waals surface area contributed by atoms with Crippen LogP contribution in [0.1, 0.15) is 25.0 Å². The molecule has 1 fully saturated rings. The number of hydrogen-bond donors (Lipinski definition) is 0. The summed E-state index contributed by atoms with van der Waals surface area (Å²) in [7, 11) is 0. The van der Waals surface area contributed by atoms with Crippen molar-refractivity contribution in [3.8, 4) is 11.1 Å². The summed E-state index contributed by atoms with van der Waals surface area (Å²) < 4.78 is 42.7. The van der Waals surface area contributed by atoms with Crippen LogP contribution in [-0.4, -0.2) is 12.1 Å². The summed E-state index contributed by atoms with van der Waals surface area (Å²) in [5, 5.41) is 0. The van der Waals surface area contributed by atoms with Gasteiger partial charge in [-0.1, -0.05) is 68.5 Å². The van der Waals surface area contributed by atoms with Crippen LogP contribution in [0.15, 0.2) is 60.7 Å². The Morgan fingerprint density at radius 3 is 2.43 bits per heavy atom. The highest BCUT2D eigenvalue weighted by Crippen LogP contribution is 2.59. The predicted molar refractivity (Wildman–Crippen MR) is 102 cm³/mol. The van der Waals surface area contributed by atoms with E-state index in [2.05, 4.69) is 0 Å². The van der Waals surface area contributed by atoms with E-state index in [4.69, 9.17) is 4.74 Å². The quantitative estimate of drug-likeness (QED) is 0.457. The van der Waals surface area contributed by atoms with Gasteiger partial charge in [0.2, 0.25) is 0 Å². The molecule has 2 unspecified atom stereocenters. The van der Waals surface area contributed by atoms with Crippen LogP contribution in [-0.2, 0) is 16.1 Å². The highest BCUT2D eigenvalue weighted by Gasteiger charge is 2.61. The maximum Gasteiger partial charge on any atom is 0.409 e. The summed E-state index contributed by atoms with van der Waals surface area (Å²) in [6.07, 6.45) is -3.09. The molecule has 28 heavy (non-hydrogen) atoms. The fraction of sp³-hybridized carbons (Fsp3) is 0.348. The van der Waals surface area contributed by atoms with Gasteiger partial charge in [-0.25, -0.2) is 0 Å². The number of esters is 1. The van der Waals surface area contributed by atoms with E-state index in [0.717, 1.165) is 28.3 Å². The number of carbonyl (C=O) groups excluding carboxylic acids is 1. The zero-order chi connectivity index (χ0) is 20.5. The van der Waals surface area contributed by atoms with Crippen molar-refractivity contribution < 1.29 is 22.7 Å². The lowest BCUT2D eigenvalue weighted by Gasteiger charge is -2.12. The van der Waals surface area contributed by atoms with E-state index < -0.39 is 29.4 Å². The number of benzene rings is 2. The molecular weight excluding hydrogens is 365 g/mol. The van der Waals surface area contributed by atoms with Crippen molar-refractivity contribution in [2.24, 2.45) is 17.3 Å². The normalized spacial score (nSPS) is 20.9. The smallest absolute Gasteiger partial charge is 0.409 e. The number of carbonyl (C=O) groups is 1. The zero-order valence-electron chi connectivity index (χ0n) is 16.1. The van der Waals surface area contributed by atoms with Gasteiger partial charge in [0.1, 0.15) is 6.61 Å². The minimum Gasteiger partial charge on any atom is -0.461 e. The third kappa shape index (κ3) is 4.29. The Kier molecular flexibility index (Phi) is 5.37. The van der Waals surface area contributed by atoms with Gasteiger partial charge >= 0.3 is 12.1 Å². The van der Waals surface area contributed by atoms with Crippen LogP contribution >= 0.6 is 0 Å². The number of allylic oxidation sites excluding steroid dienone is 2. The molecule has 1 saturated carbocycles. The van der Waals surface area contributed by atoms with Crippen molar-refractivity contribution in [2.75, 3.05) is 0 Å². The minimum absolute atomic E-state index is 0.105. The molecule has 148 valence electrons. The van der Waals surface area contributed by atoms with Gasteiger partial charge in [-0.15, -0.1) is 0 Å². The standard InChI is InChI=1S/C23H23F3O2/c1-15-17(10-7-11-18(15)16-8-5-4-6-9-16)14-28-21(27)20-19(22(20,2)3)12-13-23(24,25)26/h4-13,19-20H,14H2,1-3H3. The Balaban J connectivity index is 1.68. The fourth-order valence-electron chi connectivity index (χ4n) is 3.71. The van der Waals surface area contributed by atoms with Gasteiger partial charge in [0, 0.05) is 6.08 Å². The van der Waals surface area contributed by atoms with Crippen LogP contribution in [0.4, 0.5) is 13.2 Å². The Morgan fingerprint density at radius 2 is 1.79 bits per heavy atom. The van der Waals surface area contributed by atoms with E-state index in [0.29, 0.717) is 0 Å². The van der Waals surface area contributed by atoms with Crippen molar-refractivity contribution in [1.82, 2.24) is 0 Å². The van der Waals surface area contributed by atoms with Crippen molar-refractivity contribution in [2.45, 2.75) is 33.6 Å². The van der Waals surface area contributed by atoms with Crippen LogP contribution in [0, 0.1) is 24.2 Å². The van der Waals surface area contributed by atoms with Gasteiger partial charge in [0.25, 0.3) is 0 Å². The number of hydrogen-bond acceptors (Lipinski definition) is 2. The molecule has 0 spiro atoms. The van der Waals surface area contributed by atoms with Crippen LogP contribution in [0.25, 0.3) is 11.1 Å². The molecule has 0 aliphatic heterocycles. The Morgan fingerprint density at radius 1 is 1.11 bits per heavy atom. The Labute approximate surface area is 163 Å². The molecule has 2 nitrogen and oxygen atoms in total. The summed E-state index contributed by atoms with van der Waals surface area (Å²) in [4.78, 5) is 12.5. The second kappa shape index (κ2) is 7.46. The molecule has 1 aliphatic carbocycles. The molecule has 1 aliphatic rings. The summed E-state index contributed by atoms with van der Waals surface area (Å²) in [6.45, 7) is 5.65. The molecule has 0 heterocycles. The first kappa shape index (κ1) is 20.2. The first-order chi connectivity index (χ1) is 13.1. The van der Waals surface area contributed by atoms with Crippen LogP contribution < -0.4 is 0 Å². The lowest BCUT2D eigenvalue weighted by Crippen LogP contribution is -2.11. The molecule has 0 aromatic heterocycles. The third-order valence-electron chi connectivity index (χ3n) is 5.56. The first-order valence-corrected chi connectivity index (χ1v) is 9.18. The van der Waals surface area contributed by atoms with Gasteiger partial charge in [0.05, 0.1) is 5.92 Å². The summed E-state index contributed by atoms with van der Waals surface area (Å²) in [5.74, 6) is -1.46. The molecule has 3 rings (SSSR count). The highest BCUT2D eigenvalue weighted by atomic mass is 19.4. The number of rotatable bonds is 5. The monoisotopic (exact) mass is 388 g/mol. The summed E-state index contributed by atoms with van der Waals surface area (Å²) >= 11 is 0. The Hall–Kier alpha value is -2.56. The number of alkyl halides is 3. The first-order valence-electron chi connectivity index (χ1n) is 9.18. The maximum atomic E-state index is 12.5. The predicted octanol–water partition coefficient (Wildman–Crippen LogP) is 6.10. The van der Waals surface area contributed by atoms with Crippen LogP contribution in [0.2, 0.25) is 0 Å². The van der Waals surface area contributed by atoms with Gasteiger partial charge in [0.15, 0.2) is 0 Å². The number of halogens is 3. The van der Waals surface area contributed by atoms with Crippen molar-refractivity contribution in [3.05, 3.63) is 71.8 Å². The summed E-state index contributed by atoms with van der Waals surface area (Å²) in [5.41, 5.74) is 3.51. The van der Waals surface area contributed by atoms with Crippen LogP contribution in [0.5, 0.6) is 0 Å². The van der Waals surface area contributed by atoms with E-state index in [9.17, 15) is 18.0 Å². The molecule has 0 bridgehead atoms. The zero-order valence-corrected chi connectivity index (χ0v) is 16.1.